The predicted molar refractivity (Wildman–Crippen MR) is 102 cm³/mol. The monoisotopic (exact) mass is 379 g/mol. The van der Waals surface area contributed by atoms with Crippen molar-refractivity contribution in [3.8, 4) is 0 Å². The number of nitrogens with one attached hydrogen (secondary N) is 2. The average molecular weight is 380 g/mol. The maximum absolute atomic E-state index is 12.1. The second-order valence-electron chi connectivity index (χ2n) is 5.41. The van der Waals surface area contributed by atoms with E-state index in [4.69, 9.17) is 0 Å². The lowest BCUT2D eigenvalue weighted by molar-refractivity contribution is 0.0955. The average Bonchev–Trinajstić information content (AvgIpc) is 3.14. The lowest BCUT2D eigenvalue weighted by atomic mass is 10.1. The number of benzene rings is 1. The first-order chi connectivity index (χ1) is 12.0. The van der Waals surface area contributed by atoms with Crippen LogP contribution in [0.15, 0.2) is 51.1 Å². The highest BCUT2D eigenvalue weighted by molar-refractivity contribution is 7.94. The van der Waals surface area contributed by atoms with Gasteiger partial charge in [0, 0.05) is 17.5 Å². The zero-order valence-electron chi connectivity index (χ0n) is 14.1. The van der Waals surface area contributed by atoms with Gasteiger partial charge in [-0.05, 0) is 54.5 Å². The molecule has 1 aromatic heterocycles. The van der Waals surface area contributed by atoms with Crippen LogP contribution in [0.25, 0.3) is 0 Å². The third-order valence-corrected chi connectivity index (χ3v) is 6.44. The van der Waals surface area contributed by atoms with E-state index < -0.39 is 10.0 Å². The molecule has 2 N–H and O–H groups in total. The van der Waals surface area contributed by atoms with Crippen molar-refractivity contribution in [2.75, 3.05) is 4.72 Å². The molecule has 2 aromatic rings. The molecule has 1 aromatic carbocycles. The van der Waals surface area contributed by atoms with Gasteiger partial charge in [0.2, 0.25) is 0 Å². The Bertz CT molecular complexity index is 809. The Hall–Kier alpha value is -2.19. The summed E-state index contributed by atoms with van der Waals surface area (Å²) in [6, 6.07) is 9.40. The minimum Gasteiger partial charge on any atom is -0.279 e. The van der Waals surface area contributed by atoms with E-state index in [1.807, 2.05) is 0 Å². The summed E-state index contributed by atoms with van der Waals surface area (Å²) in [6.45, 7) is 4.13. The van der Waals surface area contributed by atoms with E-state index in [0.717, 1.165) is 24.2 Å². The number of nitrogens with zero attached hydrogens (tertiary/aromatic N) is 1. The summed E-state index contributed by atoms with van der Waals surface area (Å²) in [5.41, 5.74) is 3.28. The summed E-state index contributed by atoms with van der Waals surface area (Å²) >= 11 is 1.14. The SMILES string of the molecule is CCC(/C=N\NC(=O)c1ccc(NS(=O)(=O)c2cccs2)cc1)CC. The number of thiophene rings is 1. The Balaban J connectivity index is 1.99. The van der Waals surface area contributed by atoms with E-state index in [1.54, 1.807) is 41.9 Å². The molecule has 0 atom stereocenters. The van der Waals surface area contributed by atoms with E-state index >= 15 is 0 Å². The number of anilines is 1. The molecule has 1 amide bonds. The molecule has 0 aliphatic heterocycles. The molecule has 8 heteroatoms. The van der Waals surface area contributed by atoms with Crippen LogP contribution >= 0.6 is 11.3 Å². The number of amides is 1. The normalized spacial score (nSPS) is 11.8. The number of carbonyl (C=O) groups excluding carboxylic acids is 1. The Morgan fingerprint density at radius 3 is 2.44 bits per heavy atom. The smallest absolute Gasteiger partial charge is 0.271 e. The van der Waals surface area contributed by atoms with Crippen molar-refractivity contribution >= 4 is 39.2 Å². The van der Waals surface area contributed by atoms with Crippen molar-refractivity contribution in [3.05, 3.63) is 47.3 Å². The van der Waals surface area contributed by atoms with Crippen molar-refractivity contribution in [2.24, 2.45) is 11.0 Å². The van der Waals surface area contributed by atoms with Crippen molar-refractivity contribution in [3.63, 3.8) is 0 Å². The molecule has 0 saturated carbocycles. The number of sulfonamides is 1. The summed E-state index contributed by atoms with van der Waals surface area (Å²) in [6.07, 6.45) is 3.67. The Labute approximate surface area is 152 Å². The highest BCUT2D eigenvalue weighted by Crippen LogP contribution is 2.20. The zero-order chi connectivity index (χ0) is 18.3. The van der Waals surface area contributed by atoms with Gasteiger partial charge in [-0.1, -0.05) is 19.9 Å². The maximum atomic E-state index is 12.1. The fourth-order valence-electron chi connectivity index (χ4n) is 2.08. The molecule has 0 bridgehead atoms. The molecule has 0 radical (unpaired) electrons. The number of carbonyl (C=O) groups is 1. The highest BCUT2D eigenvalue weighted by Gasteiger charge is 2.15. The van der Waals surface area contributed by atoms with Crippen molar-refractivity contribution in [1.82, 2.24) is 5.43 Å². The lowest BCUT2D eigenvalue weighted by Crippen LogP contribution is -2.18. The van der Waals surface area contributed by atoms with Gasteiger partial charge in [0.1, 0.15) is 4.21 Å². The predicted octanol–water partition coefficient (Wildman–Crippen LogP) is 3.70. The summed E-state index contributed by atoms with van der Waals surface area (Å²) in [5, 5.41) is 5.67. The molecular weight excluding hydrogens is 358 g/mol. The third-order valence-electron chi connectivity index (χ3n) is 3.66. The summed E-state index contributed by atoms with van der Waals surface area (Å²) < 4.78 is 27.0. The van der Waals surface area contributed by atoms with Gasteiger partial charge in [-0.15, -0.1) is 11.3 Å². The molecule has 0 spiro atoms. The van der Waals surface area contributed by atoms with Crippen LogP contribution in [0.4, 0.5) is 5.69 Å². The fraction of sp³-hybridized carbons (Fsp3) is 0.294. The van der Waals surface area contributed by atoms with Crippen molar-refractivity contribution in [1.29, 1.82) is 0 Å². The standard InChI is InChI=1S/C17H21N3O3S2/c1-3-13(4-2)12-18-19-17(21)14-7-9-15(10-8-14)20-25(22,23)16-6-5-11-24-16/h5-13,20H,3-4H2,1-2H3,(H,19,21)/b18-12-. The maximum Gasteiger partial charge on any atom is 0.271 e. The van der Waals surface area contributed by atoms with E-state index in [1.165, 1.54) is 6.07 Å². The Morgan fingerprint density at radius 1 is 1.20 bits per heavy atom. The summed E-state index contributed by atoms with van der Waals surface area (Å²) in [4.78, 5) is 12.0. The first-order valence-corrected chi connectivity index (χ1v) is 10.3. The van der Waals surface area contributed by atoms with Gasteiger partial charge < -0.3 is 0 Å². The lowest BCUT2D eigenvalue weighted by Gasteiger charge is -2.07. The third kappa shape index (κ3) is 5.40. The minimum atomic E-state index is -3.59. The van der Waals surface area contributed by atoms with Gasteiger partial charge in [-0.3, -0.25) is 9.52 Å². The largest absolute Gasteiger partial charge is 0.279 e. The first kappa shape index (κ1) is 19.1. The van der Waals surface area contributed by atoms with Crippen LogP contribution in [0.1, 0.15) is 37.0 Å². The van der Waals surface area contributed by atoms with Crippen LogP contribution in [-0.4, -0.2) is 20.5 Å². The Kier molecular flexibility index (Phi) is 6.72. The zero-order valence-corrected chi connectivity index (χ0v) is 15.7. The van der Waals surface area contributed by atoms with Crippen LogP contribution < -0.4 is 10.1 Å². The molecule has 2 rings (SSSR count). The van der Waals surface area contributed by atoms with Crippen LogP contribution in [0.2, 0.25) is 0 Å². The summed E-state index contributed by atoms with van der Waals surface area (Å²) in [5.74, 6) is 0.00389. The van der Waals surface area contributed by atoms with E-state index in [2.05, 4.69) is 29.1 Å². The van der Waals surface area contributed by atoms with Gasteiger partial charge in [-0.25, -0.2) is 13.8 Å². The number of hydrazone groups is 1. The van der Waals surface area contributed by atoms with E-state index in [9.17, 15) is 13.2 Å². The van der Waals surface area contributed by atoms with Gasteiger partial charge in [0.25, 0.3) is 15.9 Å². The Morgan fingerprint density at radius 2 is 1.88 bits per heavy atom. The second-order valence-corrected chi connectivity index (χ2v) is 8.27. The molecule has 1 heterocycles. The first-order valence-electron chi connectivity index (χ1n) is 7.96. The fourth-order valence-corrected chi connectivity index (χ4v) is 4.13. The highest BCUT2D eigenvalue weighted by atomic mass is 32.2. The quantitative estimate of drug-likeness (QED) is 0.541. The van der Waals surface area contributed by atoms with Crippen LogP contribution in [0, 0.1) is 5.92 Å². The van der Waals surface area contributed by atoms with Crippen LogP contribution in [0.5, 0.6) is 0 Å². The number of rotatable bonds is 8. The summed E-state index contributed by atoms with van der Waals surface area (Å²) in [7, 11) is -3.59. The molecule has 0 unspecified atom stereocenters. The molecule has 6 nitrogen and oxygen atoms in total. The minimum absolute atomic E-state index is 0.241. The van der Waals surface area contributed by atoms with E-state index in [0.29, 0.717) is 17.2 Å². The van der Waals surface area contributed by atoms with E-state index in [-0.39, 0.29) is 10.1 Å². The van der Waals surface area contributed by atoms with Gasteiger partial charge in [-0.2, -0.15) is 5.10 Å². The number of hydrogen-bond acceptors (Lipinski definition) is 5. The molecule has 0 aliphatic rings. The molecule has 0 aliphatic carbocycles. The van der Waals surface area contributed by atoms with Crippen molar-refractivity contribution in [2.45, 2.75) is 30.9 Å². The topological polar surface area (TPSA) is 87.6 Å². The van der Waals surface area contributed by atoms with Gasteiger partial charge in [0.05, 0.1) is 0 Å². The second kappa shape index (κ2) is 8.77. The van der Waals surface area contributed by atoms with Gasteiger partial charge in [0.15, 0.2) is 0 Å². The molecule has 0 fully saturated rings. The van der Waals surface area contributed by atoms with Crippen LogP contribution in [-0.2, 0) is 10.0 Å². The molecular formula is C17H21N3O3S2. The van der Waals surface area contributed by atoms with Crippen LogP contribution in [0.3, 0.4) is 0 Å². The number of hydrogen-bond donors (Lipinski definition) is 2. The van der Waals surface area contributed by atoms with Gasteiger partial charge >= 0.3 is 0 Å². The molecule has 0 saturated heterocycles. The molecule has 134 valence electrons. The molecule has 25 heavy (non-hydrogen) atoms. The van der Waals surface area contributed by atoms with Crippen molar-refractivity contribution < 1.29 is 13.2 Å².